The zero-order valence-corrected chi connectivity index (χ0v) is 15.4. The number of H-pyrrole nitrogens is 1. The van der Waals surface area contributed by atoms with Gasteiger partial charge in [-0.2, -0.15) is 0 Å². The fourth-order valence-electron chi connectivity index (χ4n) is 3.79. The van der Waals surface area contributed by atoms with Crippen LogP contribution in [0.1, 0.15) is 5.56 Å². The van der Waals surface area contributed by atoms with Crippen LogP contribution in [0.15, 0.2) is 49.2 Å². The van der Waals surface area contributed by atoms with Crippen LogP contribution in [0.5, 0.6) is 0 Å². The van der Waals surface area contributed by atoms with Crippen LogP contribution in [0.4, 0.5) is 0 Å². The molecule has 0 saturated carbocycles. The standard InChI is InChI=1S/C21H22N6/c1-26-4-6-27(7-5-26)13-15-8-18-19(12-24-21(18)23-10-15)16-2-3-20-17(9-16)11-22-14-25-20/h2-3,8-12,14H,4-7,13H2,1H3,(H,23,24). The molecule has 1 N–H and O–H groups in total. The molecule has 0 radical (unpaired) electrons. The number of nitrogens with zero attached hydrogens (tertiary/aromatic N) is 5. The second-order valence-corrected chi connectivity index (χ2v) is 7.32. The molecular formula is C21H22N6. The lowest BCUT2D eigenvalue weighted by Crippen LogP contribution is -2.43. The van der Waals surface area contributed by atoms with Crippen LogP contribution in [0.2, 0.25) is 0 Å². The molecule has 0 bridgehead atoms. The molecule has 0 unspecified atom stereocenters. The van der Waals surface area contributed by atoms with Crippen LogP contribution in [0.25, 0.3) is 33.1 Å². The molecule has 0 atom stereocenters. The predicted octanol–water partition coefficient (Wildman–Crippen LogP) is 2.92. The first kappa shape index (κ1) is 16.4. The second-order valence-electron chi connectivity index (χ2n) is 7.32. The summed E-state index contributed by atoms with van der Waals surface area (Å²) in [6, 6.07) is 8.58. The largest absolute Gasteiger partial charge is 0.346 e. The molecule has 6 nitrogen and oxygen atoms in total. The number of rotatable bonds is 3. The summed E-state index contributed by atoms with van der Waals surface area (Å²) in [6.07, 6.45) is 7.48. The maximum Gasteiger partial charge on any atom is 0.137 e. The van der Waals surface area contributed by atoms with Crippen LogP contribution in [-0.2, 0) is 6.54 Å². The van der Waals surface area contributed by atoms with E-state index in [0.717, 1.165) is 60.2 Å². The Morgan fingerprint density at radius 3 is 2.81 bits per heavy atom. The smallest absolute Gasteiger partial charge is 0.137 e. The van der Waals surface area contributed by atoms with Gasteiger partial charge in [0.25, 0.3) is 0 Å². The van der Waals surface area contributed by atoms with Gasteiger partial charge in [0.05, 0.1) is 5.52 Å². The molecule has 1 saturated heterocycles. The summed E-state index contributed by atoms with van der Waals surface area (Å²) in [6.45, 7) is 5.43. The Labute approximate surface area is 157 Å². The number of aromatic amines is 1. The number of nitrogens with one attached hydrogen (secondary N) is 1. The Morgan fingerprint density at radius 2 is 1.93 bits per heavy atom. The van der Waals surface area contributed by atoms with Crippen molar-refractivity contribution in [3.8, 4) is 11.1 Å². The van der Waals surface area contributed by atoms with Crippen molar-refractivity contribution >= 4 is 21.9 Å². The highest BCUT2D eigenvalue weighted by molar-refractivity contribution is 5.96. The molecule has 1 fully saturated rings. The van der Waals surface area contributed by atoms with E-state index in [0.29, 0.717) is 0 Å². The molecule has 6 heteroatoms. The monoisotopic (exact) mass is 358 g/mol. The van der Waals surface area contributed by atoms with Crippen molar-refractivity contribution in [2.75, 3.05) is 33.2 Å². The van der Waals surface area contributed by atoms with Gasteiger partial charge in [0.15, 0.2) is 0 Å². The molecule has 1 aromatic carbocycles. The molecule has 3 aromatic heterocycles. The van der Waals surface area contributed by atoms with Gasteiger partial charge in [-0.05, 0) is 36.4 Å². The Balaban J connectivity index is 1.49. The summed E-state index contributed by atoms with van der Waals surface area (Å²) < 4.78 is 0. The zero-order chi connectivity index (χ0) is 18.2. The minimum atomic E-state index is 0.927. The quantitative estimate of drug-likeness (QED) is 0.610. The minimum absolute atomic E-state index is 0.927. The summed E-state index contributed by atoms with van der Waals surface area (Å²) in [5.41, 5.74) is 5.47. The van der Waals surface area contributed by atoms with Crippen LogP contribution in [0, 0.1) is 0 Å². The molecule has 136 valence electrons. The zero-order valence-electron chi connectivity index (χ0n) is 15.4. The van der Waals surface area contributed by atoms with Gasteiger partial charge in [-0.15, -0.1) is 0 Å². The first-order chi connectivity index (χ1) is 13.3. The van der Waals surface area contributed by atoms with E-state index >= 15 is 0 Å². The van der Waals surface area contributed by atoms with E-state index in [-0.39, 0.29) is 0 Å². The van der Waals surface area contributed by atoms with Gasteiger partial charge >= 0.3 is 0 Å². The molecule has 1 aliphatic heterocycles. The molecule has 27 heavy (non-hydrogen) atoms. The number of hydrogen-bond acceptors (Lipinski definition) is 5. The SMILES string of the molecule is CN1CCN(Cc2cnc3[nH]cc(-c4ccc5ncncc5c4)c3c2)CC1. The Kier molecular flexibility index (Phi) is 4.07. The van der Waals surface area contributed by atoms with Crippen molar-refractivity contribution in [1.29, 1.82) is 0 Å². The lowest BCUT2D eigenvalue weighted by Gasteiger charge is -2.32. The maximum absolute atomic E-state index is 4.65. The Hall–Kier alpha value is -2.83. The summed E-state index contributed by atoms with van der Waals surface area (Å²) in [5.74, 6) is 0. The van der Waals surface area contributed by atoms with E-state index in [9.17, 15) is 0 Å². The number of hydrogen-bond donors (Lipinski definition) is 1. The Morgan fingerprint density at radius 1 is 1.04 bits per heavy atom. The van der Waals surface area contributed by atoms with Gasteiger partial charge in [0.2, 0.25) is 0 Å². The second kappa shape index (κ2) is 6.72. The van der Waals surface area contributed by atoms with Crippen LogP contribution < -0.4 is 0 Å². The first-order valence-corrected chi connectivity index (χ1v) is 9.33. The number of benzene rings is 1. The van der Waals surface area contributed by atoms with Gasteiger partial charge in [0, 0.05) is 67.7 Å². The number of likely N-dealkylation sites (N-methyl/N-ethyl adjacent to an activating group) is 1. The van der Waals surface area contributed by atoms with Gasteiger partial charge in [-0.1, -0.05) is 6.07 Å². The molecule has 1 aliphatic rings. The van der Waals surface area contributed by atoms with Crippen LogP contribution in [-0.4, -0.2) is 63.0 Å². The molecule has 4 heterocycles. The molecule has 4 aromatic rings. The van der Waals surface area contributed by atoms with Crippen molar-refractivity contribution in [1.82, 2.24) is 29.7 Å². The summed E-state index contributed by atoms with van der Waals surface area (Å²) in [4.78, 5) is 21.3. The normalized spacial score (nSPS) is 16.3. The lowest BCUT2D eigenvalue weighted by atomic mass is 10.0. The minimum Gasteiger partial charge on any atom is -0.346 e. The number of piperazine rings is 1. The van der Waals surface area contributed by atoms with E-state index in [1.54, 1.807) is 6.33 Å². The highest BCUT2D eigenvalue weighted by Gasteiger charge is 2.15. The number of fused-ring (bicyclic) bond motifs is 2. The molecule has 0 amide bonds. The van der Waals surface area contributed by atoms with Crippen LogP contribution in [0.3, 0.4) is 0 Å². The van der Waals surface area contributed by atoms with E-state index in [2.05, 4.69) is 55.0 Å². The van der Waals surface area contributed by atoms with Crippen molar-refractivity contribution < 1.29 is 0 Å². The maximum atomic E-state index is 4.65. The molecule has 5 rings (SSSR count). The van der Waals surface area contributed by atoms with Gasteiger partial charge in [-0.25, -0.2) is 15.0 Å². The summed E-state index contributed by atoms with van der Waals surface area (Å²) in [7, 11) is 2.19. The van der Waals surface area contributed by atoms with Crippen molar-refractivity contribution in [2.24, 2.45) is 0 Å². The highest BCUT2D eigenvalue weighted by Crippen LogP contribution is 2.30. The van der Waals surface area contributed by atoms with E-state index in [4.69, 9.17) is 0 Å². The Bertz CT molecular complexity index is 1090. The average Bonchev–Trinajstić information content (AvgIpc) is 3.13. The molecular weight excluding hydrogens is 336 g/mol. The summed E-state index contributed by atoms with van der Waals surface area (Å²) in [5, 5.41) is 2.21. The fraction of sp³-hybridized carbons (Fsp3) is 0.286. The lowest BCUT2D eigenvalue weighted by molar-refractivity contribution is 0.148. The number of aromatic nitrogens is 4. The highest BCUT2D eigenvalue weighted by atomic mass is 15.2. The van der Waals surface area contributed by atoms with E-state index in [1.807, 2.05) is 24.7 Å². The van der Waals surface area contributed by atoms with Crippen molar-refractivity contribution in [3.05, 3.63) is 54.7 Å². The third-order valence-electron chi connectivity index (χ3n) is 5.41. The molecule has 0 aliphatic carbocycles. The average molecular weight is 358 g/mol. The van der Waals surface area contributed by atoms with E-state index in [1.165, 1.54) is 11.1 Å². The van der Waals surface area contributed by atoms with Gasteiger partial charge in [-0.3, -0.25) is 4.90 Å². The summed E-state index contributed by atoms with van der Waals surface area (Å²) >= 11 is 0. The number of pyridine rings is 1. The van der Waals surface area contributed by atoms with Gasteiger partial charge in [0.1, 0.15) is 12.0 Å². The van der Waals surface area contributed by atoms with Crippen molar-refractivity contribution in [2.45, 2.75) is 6.54 Å². The molecule has 0 spiro atoms. The van der Waals surface area contributed by atoms with Crippen molar-refractivity contribution in [3.63, 3.8) is 0 Å². The van der Waals surface area contributed by atoms with Crippen LogP contribution >= 0.6 is 0 Å². The third kappa shape index (κ3) is 3.18. The third-order valence-corrected chi connectivity index (χ3v) is 5.41. The van der Waals surface area contributed by atoms with E-state index < -0.39 is 0 Å². The topological polar surface area (TPSA) is 60.9 Å². The predicted molar refractivity (Wildman–Crippen MR) is 107 cm³/mol. The fourth-order valence-corrected chi connectivity index (χ4v) is 3.79. The first-order valence-electron chi connectivity index (χ1n) is 9.33. The van der Waals surface area contributed by atoms with Gasteiger partial charge < -0.3 is 9.88 Å².